The first kappa shape index (κ1) is 16.7. The van der Waals surface area contributed by atoms with E-state index in [1.807, 2.05) is 17.8 Å². The largest absolute Gasteiger partial charge is 0.496 e. The Bertz CT molecular complexity index is 455. The normalized spacial score (nSPS) is 18.1. The Labute approximate surface area is 132 Å². The first-order valence-corrected chi connectivity index (χ1v) is 8.81. The fourth-order valence-electron chi connectivity index (χ4n) is 2.82. The zero-order chi connectivity index (χ0) is 15.3. The van der Waals surface area contributed by atoms with Crippen LogP contribution in [-0.4, -0.2) is 31.8 Å². The van der Waals surface area contributed by atoms with Gasteiger partial charge in [-0.1, -0.05) is 12.5 Å². The van der Waals surface area contributed by atoms with Gasteiger partial charge in [0.05, 0.1) is 13.7 Å². The molecule has 0 spiro atoms. The first-order valence-electron chi connectivity index (χ1n) is 7.58. The number of hydrogen-bond donors (Lipinski definition) is 1. The minimum atomic E-state index is 0.344. The van der Waals surface area contributed by atoms with Crippen molar-refractivity contribution in [3.8, 4) is 5.75 Å². The minimum absolute atomic E-state index is 0.344. The number of ether oxygens (including phenoxy) is 2. The molecule has 0 radical (unpaired) electrons. The molecule has 1 aromatic rings. The van der Waals surface area contributed by atoms with E-state index in [-0.39, 0.29) is 0 Å². The quantitative estimate of drug-likeness (QED) is 0.791. The highest BCUT2D eigenvalue weighted by Gasteiger charge is 2.35. The van der Waals surface area contributed by atoms with Crippen LogP contribution in [0.1, 0.15) is 43.4 Å². The topological polar surface area (TPSA) is 30.5 Å². The van der Waals surface area contributed by atoms with Gasteiger partial charge in [0.15, 0.2) is 0 Å². The van der Waals surface area contributed by atoms with E-state index in [0.29, 0.717) is 17.4 Å². The summed E-state index contributed by atoms with van der Waals surface area (Å²) in [6.45, 7) is 3.89. The highest BCUT2D eigenvalue weighted by molar-refractivity contribution is 8.00. The number of rotatable bonds is 8. The van der Waals surface area contributed by atoms with Crippen molar-refractivity contribution in [1.29, 1.82) is 0 Å². The molecule has 2 rings (SSSR count). The number of hydrogen-bond acceptors (Lipinski definition) is 4. The summed E-state index contributed by atoms with van der Waals surface area (Å²) in [6.07, 6.45) is 6.28. The van der Waals surface area contributed by atoms with Gasteiger partial charge in [-0.05, 0) is 43.7 Å². The van der Waals surface area contributed by atoms with Gasteiger partial charge in [-0.2, -0.15) is 11.8 Å². The van der Waals surface area contributed by atoms with Gasteiger partial charge in [-0.25, -0.2) is 0 Å². The molecule has 0 amide bonds. The Kier molecular flexibility index (Phi) is 5.97. The Balaban J connectivity index is 2.01. The molecule has 21 heavy (non-hydrogen) atoms. The van der Waals surface area contributed by atoms with Crippen LogP contribution in [0.2, 0.25) is 0 Å². The van der Waals surface area contributed by atoms with E-state index in [1.165, 1.54) is 24.8 Å². The molecule has 1 saturated carbocycles. The number of benzene rings is 1. The van der Waals surface area contributed by atoms with E-state index < -0.39 is 0 Å². The number of thioether (sulfide) groups is 1. The molecule has 1 aliphatic rings. The van der Waals surface area contributed by atoms with E-state index in [1.54, 1.807) is 14.2 Å². The molecule has 0 aromatic heterocycles. The zero-order valence-corrected chi connectivity index (χ0v) is 14.4. The lowest BCUT2D eigenvalue weighted by atomic mass is 9.84. The second-order valence-corrected chi connectivity index (χ2v) is 7.12. The molecule has 1 N–H and O–H groups in total. The third-order valence-corrected chi connectivity index (χ3v) is 5.95. The van der Waals surface area contributed by atoms with E-state index in [0.717, 1.165) is 17.9 Å². The van der Waals surface area contributed by atoms with Crippen LogP contribution in [0, 0.1) is 0 Å². The van der Waals surface area contributed by atoms with Gasteiger partial charge in [-0.15, -0.1) is 0 Å². The van der Waals surface area contributed by atoms with E-state index in [4.69, 9.17) is 9.47 Å². The van der Waals surface area contributed by atoms with Crippen molar-refractivity contribution >= 4 is 11.8 Å². The van der Waals surface area contributed by atoms with Gasteiger partial charge < -0.3 is 14.8 Å². The van der Waals surface area contributed by atoms with Gasteiger partial charge >= 0.3 is 0 Å². The molecule has 0 heterocycles. The van der Waals surface area contributed by atoms with Crippen molar-refractivity contribution in [2.75, 3.05) is 27.0 Å². The van der Waals surface area contributed by atoms with Crippen LogP contribution in [0.3, 0.4) is 0 Å². The molecule has 1 atom stereocenters. The minimum Gasteiger partial charge on any atom is -0.496 e. The van der Waals surface area contributed by atoms with Gasteiger partial charge in [0.2, 0.25) is 0 Å². The fourth-order valence-corrected chi connectivity index (χ4v) is 3.74. The molecule has 0 saturated heterocycles. The summed E-state index contributed by atoms with van der Waals surface area (Å²) < 4.78 is 11.1. The van der Waals surface area contributed by atoms with Crippen LogP contribution in [0.15, 0.2) is 18.2 Å². The molecule has 1 aromatic carbocycles. The number of methoxy groups -OCH3 is 2. The van der Waals surface area contributed by atoms with Crippen LogP contribution < -0.4 is 10.1 Å². The third-order valence-electron chi connectivity index (χ3n) is 4.53. The Hall–Kier alpha value is -0.710. The maximum Gasteiger partial charge on any atom is 0.124 e. The standard InChI is InChI=1S/C17H27NO2S/c1-13(18-12-17(21-4)8-5-9-17)14-6-7-16(20-3)15(10-14)11-19-2/h6-7,10,13,18H,5,8-9,11-12H2,1-4H3. The smallest absolute Gasteiger partial charge is 0.124 e. The van der Waals surface area contributed by atoms with E-state index >= 15 is 0 Å². The third kappa shape index (κ3) is 3.93. The molecule has 1 fully saturated rings. The second-order valence-electron chi connectivity index (χ2n) is 5.85. The van der Waals surface area contributed by atoms with Crippen LogP contribution in [0.4, 0.5) is 0 Å². The van der Waals surface area contributed by atoms with Gasteiger partial charge in [0.1, 0.15) is 5.75 Å². The van der Waals surface area contributed by atoms with Crippen LogP contribution in [0.5, 0.6) is 5.75 Å². The summed E-state index contributed by atoms with van der Waals surface area (Å²) in [6, 6.07) is 6.71. The van der Waals surface area contributed by atoms with E-state index in [2.05, 4.69) is 30.6 Å². The lowest BCUT2D eigenvalue weighted by Gasteiger charge is -2.41. The molecule has 4 heteroatoms. The summed E-state index contributed by atoms with van der Waals surface area (Å²) >= 11 is 2.01. The van der Waals surface area contributed by atoms with Gasteiger partial charge in [0.25, 0.3) is 0 Å². The molecule has 0 aliphatic heterocycles. The van der Waals surface area contributed by atoms with Crippen LogP contribution >= 0.6 is 11.8 Å². The van der Waals surface area contributed by atoms with E-state index in [9.17, 15) is 0 Å². The van der Waals surface area contributed by atoms with Crippen molar-refractivity contribution in [3.63, 3.8) is 0 Å². The SMILES string of the molecule is COCc1cc(C(C)NCC2(SC)CCC2)ccc1OC. The Morgan fingerprint density at radius 1 is 1.33 bits per heavy atom. The predicted molar refractivity (Wildman–Crippen MR) is 90.2 cm³/mol. The Morgan fingerprint density at radius 2 is 2.10 bits per heavy atom. The maximum absolute atomic E-state index is 5.39. The monoisotopic (exact) mass is 309 g/mol. The van der Waals surface area contributed by atoms with Gasteiger partial charge in [-0.3, -0.25) is 0 Å². The molecule has 118 valence electrons. The highest BCUT2D eigenvalue weighted by Crippen LogP contribution is 2.42. The van der Waals surface area contributed by atoms with Crippen molar-refractivity contribution in [2.24, 2.45) is 0 Å². The molecular formula is C17H27NO2S. The molecule has 3 nitrogen and oxygen atoms in total. The van der Waals surface area contributed by atoms with Crippen LogP contribution in [0.25, 0.3) is 0 Å². The molecule has 1 unspecified atom stereocenters. The highest BCUT2D eigenvalue weighted by atomic mass is 32.2. The van der Waals surface area contributed by atoms with Crippen molar-refractivity contribution in [1.82, 2.24) is 5.32 Å². The molecular weight excluding hydrogens is 282 g/mol. The average Bonchev–Trinajstić information content (AvgIpc) is 2.46. The summed E-state index contributed by atoms with van der Waals surface area (Å²) in [7, 11) is 3.42. The maximum atomic E-state index is 5.39. The van der Waals surface area contributed by atoms with Gasteiger partial charge in [0, 0.05) is 30.0 Å². The predicted octanol–water partition coefficient (Wildman–Crippen LogP) is 3.78. The average molecular weight is 309 g/mol. The van der Waals surface area contributed by atoms with Crippen molar-refractivity contribution < 1.29 is 9.47 Å². The molecule has 1 aliphatic carbocycles. The summed E-state index contributed by atoms with van der Waals surface area (Å²) in [5, 5.41) is 3.70. The fraction of sp³-hybridized carbons (Fsp3) is 0.647. The first-order chi connectivity index (χ1) is 10.1. The van der Waals surface area contributed by atoms with Crippen LogP contribution in [-0.2, 0) is 11.3 Å². The lowest BCUT2D eigenvalue weighted by molar-refractivity contribution is 0.181. The zero-order valence-electron chi connectivity index (χ0n) is 13.6. The number of nitrogens with one attached hydrogen (secondary N) is 1. The summed E-state index contributed by atoms with van der Waals surface area (Å²) in [5.41, 5.74) is 2.40. The lowest BCUT2D eigenvalue weighted by Crippen LogP contribution is -2.44. The second kappa shape index (κ2) is 7.52. The van der Waals surface area contributed by atoms with Crippen molar-refractivity contribution in [3.05, 3.63) is 29.3 Å². The summed E-state index contributed by atoms with van der Waals surface area (Å²) in [5.74, 6) is 0.896. The Morgan fingerprint density at radius 3 is 2.62 bits per heavy atom. The van der Waals surface area contributed by atoms with Crippen molar-refractivity contribution in [2.45, 2.75) is 43.6 Å². The summed E-state index contributed by atoms with van der Waals surface area (Å²) in [4.78, 5) is 0. The molecule has 0 bridgehead atoms.